The van der Waals surface area contributed by atoms with Crippen molar-refractivity contribution < 1.29 is 14.3 Å². The highest BCUT2D eigenvalue weighted by atomic mass is 79.9. The van der Waals surface area contributed by atoms with Gasteiger partial charge in [0.1, 0.15) is 24.7 Å². The van der Waals surface area contributed by atoms with Gasteiger partial charge in [-0.2, -0.15) is 0 Å². The largest absolute Gasteiger partial charge is 0.489 e. The second-order valence-corrected chi connectivity index (χ2v) is 4.70. The molecule has 1 aromatic carbocycles. The molecule has 0 saturated heterocycles. The smallest absolute Gasteiger partial charge is 0.189 e. The van der Waals surface area contributed by atoms with E-state index >= 15 is 0 Å². The predicted molar refractivity (Wildman–Crippen MR) is 84.7 cm³/mol. The topological polar surface area (TPSA) is 35.5 Å². The third-order valence-electron chi connectivity index (χ3n) is 2.33. The maximum absolute atomic E-state index is 12.0. The lowest BCUT2D eigenvalue weighted by Gasteiger charge is -2.13. The number of halogens is 1. The second kappa shape index (κ2) is 8.38. The molecule has 0 heterocycles. The molecule has 0 radical (unpaired) electrons. The van der Waals surface area contributed by atoms with E-state index in [-0.39, 0.29) is 5.78 Å². The zero-order valence-electron chi connectivity index (χ0n) is 11.4. The molecule has 0 amide bonds. The van der Waals surface area contributed by atoms with Crippen LogP contribution < -0.4 is 9.47 Å². The standard InChI is InChI=1S/C16H17BrO3/c1-4-7-14(18)12-10-13(17)16(20-9-6-3)11-15(12)19-8-5-2/h4-7,10-11H,2-3,8-9H2,1H3. The second-order valence-electron chi connectivity index (χ2n) is 3.84. The normalized spacial score (nSPS) is 10.3. The maximum Gasteiger partial charge on any atom is 0.189 e. The Morgan fingerprint density at radius 2 is 1.80 bits per heavy atom. The number of ketones is 1. The molecule has 0 atom stereocenters. The Morgan fingerprint density at radius 3 is 2.35 bits per heavy atom. The molecule has 0 bridgehead atoms. The molecule has 1 rings (SSSR count). The summed E-state index contributed by atoms with van der Waals surface area (Å²) < 4.78 is 11.7. The number of benzene rings is 1. The maximum atomic E-state index is 12.0. The third-order valence-corrected chi connectivity index (χ3v) is 2.95. The Morgan fingerprint density at radius 1 is 1.20 bits per heavy atom. The molecule has 0 spiro atoms. The minimum absolute atomic E-state index is 0.123. The Bertz CT molecular complexity index is 533. The van der Waals surface area contributed by atoms with E-state index in [1.54, 1.807) is 37.3 Å². The van der Waals surface area contributed by atoms with Gasteiger partial charge < -0.3 is 9.47 Å². The molecule has 20 heavy (non-hydrogen) atoms. The van der Waals surface area contributed by atoms with Gasteiger partial charge in [-0.1, -0.05) is 31.4 Å². The van der Waals surface area contributed by atoms with Gasteiger partial charge in [0.25, 0.3) is 0 Å². The fourth-order valence-electron chi connectivity index (χ4n) is 1.50. The first-order valence-electron chi connectivity index (χ1n) is 6.12. The van der Waals surface area contributed by atoms with Crippen LogP contribution in [-0.2, 0) is 0 Å². The van der Waals surface area contributed by atoms with Crippen molar-refractivity contribution in [1.29, 1.82) is 0 Å². The first kappa shape index (κ1) is 16.2. The van der Waals surface area contributed by atoms with Gasteiger partial charge in [-0.15, -0.1) is 0 Å². The number of allylic oxidation sites excluding steroid dienone is 2. The molecule has 0 aromatic heterocycles. The summed E-state index contributed by atoms with van der Waals surface area (Å²) in [6.45, 7) is 9.68. The minimum Gasteiger partial charge on any atom is -0.489 e. The first-order valence-corrected chi connectivity index (χ1v) is 6.91. The van der Waals surface area contributed by atoms with Crippen LogP contribution in [0.25, 0.3) is 0 Å². The summed E-state index contributed by atoms with van der Waals surface area (Å²) in [6, 6.07) is 3.38. The van der Waals surface area contributed by atoms with E-state index in [1.165, 1.54) is 6.08 Å². The Balaban J connectivity index is 3.20. The van der Waals surface area contributed by atoms with E-state index in [0.717, 1.165) is 0 Å². The van der Waals surface area contributed by atoms with Crippen molar-refractivity contribution in [2.45, 2.75) is 6.92 Å². The first-order chi connectivity index (χ1) is 9.63. The van der Waals surface area contributed by atoms with E-state index in [4.69, 9.17) is 9.47 Å². The minimum atomic E-state index is -0.123. The summed E-state index contributed by atoms with van der Waals surface area (Å²) in [5.74, 6) is 0.943. The zero-order valence-corrected chi connectivity index (χ0v) is 13.0. The third kappa shape index (κ3) is 4.38. The molecule has 4 heteroatoms. The van der Waals surface area contributed by atoms with Crippen LogP contribution in [0.2, 0.25) is 0 Å². The summed E-state index contributed by atoms with van der Waals surface area (Å²) in [5, 5.41) is 0. The molecule has 0 unspecified atom stereocenters. The average molecular weight is 337 g/mol. The average Bonchev–Trinajstić information content (AvgIpc) is 2.44. The highest BCUT2D eigenvalue weighted by molar-refractivity contribution is 9.10. The van der Waals surface area contributed by atoms with Gasteiger partial charge in [-0.25, -0.2) is 0 Å². The van der Waals surface area contributed by atoms with Crippen LogP contribution in [-0.4, -0.2) is 19.0 Å². The Labute approximate surface area is 127 Å². The van der Waals surface area contributed by atoms with Crippen molar-refractivity contribution in [2.24, 2.45) is 0 Å². The molecule has 0 saturated carbocycles. The molecular formula is C16H17BrO3. The van der Waals surface area contributed by atoms with Crippen molar-refractivity contribution >= 4 is 21.7 Å². The quantitative estimate of drug-likeness (QED) is 0.402. The van der Waals surface area contributed by atoms with Gasteiger partial charge in [-0.05, 0) is 35.0 Å². The highest BCUT2D eigenvalue weighted by Crippen LogP contribution is 2.33. The summed E-state index contributed by atoms with van der Waals surface area (Å²) in [5.41, 5.74) is 0.475. The van der Waals surface area contributed by atoms with Crippen molar-refractivity contribution in [1.82, 2.24) is 0 Å². The number of hydrogen-bond donors (Lipinski definition) is 0. The lowest BCUT2D eigenvalue weighted by Crippen LogP contribution is -2.04. The Kier molecular flexibility index (Phi) is 6.81. The monoisotopic (exact) mass is 336 g/mol. The molecule has 106 valence electrons. The van der Waals surface area contributed by atoms with Crippen LogP contribution in [0.4, 0.5) is 0 Å². The lowest BCUT2D eigenvalue weighted by atomic mass is 10.1. The van der Waals surface area contributed by atoms with Gasteiger partial charge in [0, 0.05) is 6.07 Å². The fourth-order valence-corrected chi connectivity index (χ4v) is 1.95. The van der Waals surface area contributed by atoms with Crippen molar-refractivity contribution in [3.05, 3.63) is 59.6 Å². The molecule has 0 aliphatic carbocycles. The summed E-state index contributed by atoms with van der Waals surface area (Å²) in [7, 11) is 0. The number of rotatable bonds is 8. The number of hydrogen-bond acceptors (Lipinski definition) is 3. The van der Waals surface area contributed by atoms with E-state index in [0.29, 0.717) is 34.7 Å². The zero-order chi connectivity index (χ0) is 15.0. The van der Waals surface area contributed by atoms with Crippen LogP contribution >= 0.6 is 15.9 Å². The van der Waals surface area contributed by atoms with Crippen molar-refractivity contribution in [3.63, 3.8) is 0 Å². The van der Waals surface area contributed by atoms with Gasteiger partial charge in [-0.3, -0.25) is 4.79 Å². The molecule has 0 fully saturated rings. The highest BCUT2D eigenvalue weighted by Gasteiger charge is 2.15. The summed E-state index contributed by atoms with van der Waals surface area (Å²) in [4.78, 5) is 12.0. The van der Waals surface area contributed by atoms with E-state index in [9.17, 15) is 4.79 Å². The molecule has 0 aliphatic heterocycles. The summed E-state index contributed by atoms with van der Waals surface area (Å²) in [6.07, 6.45) is 6.45. The Hall–Kier alpha value is -1.81. The van der Waals surface area contributed by atoms with E-state index in [1.807, 2.05) is 0 Å². The van der Waals surface area contributed by atoms with Crippen LogP contribution in [0.5, 0.6) is 11.5 Å². The number of ether oxygens (including phenoxy) is 2. The molecule has 0 N–H and O–H groups in total. The van der Waals surface area contributed by atoms with Gasteiger partial charge >= 0.3 is 0 Å². The SMILES string of the molecule is C=CCOc1cc(OCC=C)c(C(=O)C=CC)cc1Br. The molecular weight excluding hydrogens is 320 g/mol. The van der Waals surface area contributed by atoms with E-state index in [2.05, 4.69) is 29.1 Å². The van der Waals surface area contributed by atoms with Crippen molar-refractivity contribution in [3.8, 4) is 11.5 Å². The van der Waals surface area contributed by atoms with Gasteiger partial charge in [0.15, 0.2) is 5.78 Å². The molecule has 0 aliphatic rings. The van der Waals surface area contributed by atoms with Crippen LogP contribution in [0.3, 0.4) is 0 Å². The van der Waals surface area contributed by atoms with Crippen LogP contribution in [0, 0.1) is 0 Å². The molecule has 1 aromatic rings. The predicted octanol–water partition coefficient (Wildman–Crippen LogP) is 4.34. The molecule has 3 nitrogen and oxygen atoms in total. The number of carbonyl (C=O) groups is 1. The van der Waals surface area contributed by atoms with Gasteiger partial charge in [0.05, 0.1) is 10.0 Å². The van der Waals surface area contributed by atoms with Crippen molar-refractivity contribution in [2.75, 3.05) is 13.2 Å². The fraction of sp³-hybridized carbons (Fsp3) is 0.188. The number of carbonyl (C=O) groups excluding carboxylic acids is 1. The lowest BCUT2D eigenvalue weighted by molar-refractivity contribution is 0.104. The van der Waals surface area contributed by atoms with Crippen LogP contribution in [0.1, 0.15) is 17.3 Å². The summed E-state index contributed by atoms with van der Waals surface area (Å²) >= 11 is 3.39. The van der Waals surface area contributed by atoms with Gasteiger partial charge in [0.2, 0.25) is 0 Å². The van der Waals surface area contributed by atoms with Crippen LogP contribution in [0.15, 0.2) is 54.1 Å². The van der Waals surface area contributed by atoms with E-state index < -0.39 is 0 Å².